The number of anilines is 3. The summed E-state index contributed by atoms with van der Waals surface area (Å²) < 4.78 is 0. The highest BCUT2D eigenvalue weighted by atomic mass is 35.5. The maximum absolute atomic E-state index is 6.01. The van der Waals surface area contributed by atoms with Crippen molar-refractivity contribution in [2.75, 3.05) is 10.2 Å². The van der Waals surface area contributed by atoms with Gasteiger partial charge in [0, 0.05) is 15.7 Å². The van der Waals surface area contributed by atoms with E-state index in [1.165, 1.54) is 0 Å². The van der Waals surface area contributed by atoms with Crippen LogP contribution in [0.2, 0.25) is 10.0 Å². The Morgan fingerprint density at radius 1 is 0.941 bits per heavy atom. The molecule has 1 heterocycles. The van der Waals surface area contributed by atoms with Crippen LogP contribution in [-0.4, -0.2) is 0 Å². The third-order valence-corrected chi connectivity index (χ3v) is 3.13. The van der Waals surface area contributed by atoms with Crippen LogP contribution in [0.3, 0.4) is 0 Å². The molecule has 85 valence electrons. The Hall–Kier alpha value is -1.38. The van der Waals surface area contributed by atoms with Gasteiger partial charge in [-0.1, -0.05) is 29.3 Å². The fourth-order valence-electron chi connectivity index (χ4n) is 1.87. The number of rotatable bonds is 1. The van der Waals surface area contributed by atoms with Gasteiger partial charge < -0.3 is 10.2 Å². The van der Waals surface area contributed by atoms with Crippen molar-refractivity contribution in [3.63, 3.8) is 0 Å². The second-order valence-electron chi connectivity index (χ2n) is 3.78. The molecule has 2 aromatic rings. The van der Waals surface area contributed by atoms with E-state index in [0.717, 1.165) is 17.1 Å². The predicted octanol–water partition coefficient (Wildman–Crippen LogP) is 4.68. The zero-order valence-corrected chi connectivity index (χ0v) is 10.3. The van der Waals surface area contributed by atoms with Crippen molar-refractivity contribution < 1.29 is 0 Å². The number of nitrogens with zero attached hydrogens (tertiary/aromatic N) is 1. The SMILES string of the molecule is Clc1cccc(N2[CH]Nc3ccc(Cl)cc32)c1. The van der Waals surface area contributed by atoms with Crippen LogP contribution < -0.4 is 10.2 Å². The molecule has 3 rings (SSSR count). The van der Waals surface area contributed by atoms with Gasteiger partial charge in [0.25, 0.3) is 0 Å². The van der Waals surface area contributed by atoms with Gasteiger partial charge in [-0.25, -0.2) is 0 Å². The molecule has 0 atom stereocenters. The molecule has 17 heavy (non-hydrogen) atoms. The van der Waals surface area contributed by atoms with Crippen molar-refractivity contribution in [2.24, 2.45) is 0 Å². The summed E-state index contributed by atoms with van der Waals surface area (Å²) in [5, 5.41) is 4.62. The van der Waals surface area contributed by atoms with E-state index in [4.69, 9.17) is 23.2 Å². The largest absolute Gasteiger partial charge is 0.360 e. The fraction of sp³-hybridized carbons (Fsp3) is 0. The van der Waals surface area contributed by atoms with Crippen LogP contribution in [0.4, 0.5) is 17.1 Å². The molecule has 0 amide bonds. The minimum atomic E-state index is 0.714. The molecule has 2 nitrogen and oxygen atoms in total. The molecular weight excluding hydrogens is 255 g/mol. The quantitative estimate of drug-likeness (QED) is 0.804. The van der Waals surface area contributed by atoms with Gasteiger partial charge in [0.2, 0.25) is 0 Å². The van der Waals surface area contributed by atoms with E-state index in [2.05, 4.69) is 5.32 Å². The maximum Gasteiger partial charge on any atom is 0.144 e. The number of hydrogen-bond donors (Lipinski definition) is 1. The van der Waals surface area contributed by atoms with Gasteiger partial charge in [0.1, 0.15) is 6.67 Å². The second kappa shape index (κ2) is 4.13. The molecule has 0 saturated heterocycles. The average molecular weight is 264 g/mol. The first kappa shape index (κ1) is 10.8. The van der Waals surface area contributed by atoms with Crippen molar-refractivity contribution in [1.29, 1.82) is 0 Å². The maximum atomic E-state index is 6.01. The molecular formula is C13H9Cl2N2. The third kappa shape index (κ3) is 1.94. The number of fused-ring (bicyclic) bond motifs is 1. The van der Waals surface area contributed by atoms with Crippen LogP contribution in [0.15, 0.2) is 42.5 Å². The topological polar surface area (TPSA) is 15.3 Å². The summed E-state index contributed by atoms with van der Waals surface area (Å²) in [6, 6.07) is 13.4. The van der Waals surface area contributed by atoms with Crippen molar-refractivity contribution in [3.8, 4) is 0 Å². The van der Waals surface area contributed by atoms with Crippen molar-refractivity contribution in [3.05, 3.63) is 59.2 Å². The average Bonchev–Trinajstić information content (AvgIpc) is 2.71. The van der Waals surface area contributed by atoms with Gasteiger partial charge in [0.15, 0.2) is 0 Å². The first-order valence-electron chi connectivity index (χ1n) is 5.18. The zero-order chi connectivity index (χ0) is 11.8. The van der Waals surface area contributed by atoms with Crippen LogP contribution >= 0.6 is 23.2 Å². The van der Waals surface area contributed by atoms with Crippen molar-refractivity contribution in [1.82, 2.24) is 0 Å². The van der Waals surface area contributed by atoms with Gasteiger partial charge >= 0.3 is 0 Å². The monoisotopic (exact) mass is 263 g/mol. The Bertz CT molecular complexity index is 569. The summed E-state index contributed by atoms with van der Waals surface area (Å²) in [5.41, 5.74) is 3.07. The first-order valence-corrected chi connectivity index (χ1v) is 5.94. The highest BCUT2D eigenvalue weighted by Gasteiger charge is 2.20. The fourth-order valence-corrected chi connectivity index (χ4v) is 2.22. The Morgan fingerprint density at radius 3 is 2.59 bits per heavy atom. The molecule has 0 spiro atoms. The summed E-state index contributed by atoms with van der Waals surface area (Å²) in [6.07, 6.45) is 0. The van der Waals surface area contributed by atoms with Crippen molar-refractivity contribution >= 4 is 40.3 Å². The molecule has 0 aliphatic carbocycles. The Balaban J connectivity index is 2.06. The molecule has 4 heteroatoms. The Kier molecular flexibility index (Phi) is 2.61. The van der Waals surface area contributed by atoms with E-state index in [9.17, 15) is 0 Å². The lowest BCUT2D eigenvalue weighted by molar-refractivity contribution is 1.23. The molecule has 1 aliphatic heterocycles. The minimum Gasteiger partial charge on any atom is -0.360 e. The highest BCUT2D eigenvalue weighted by molar-refractivity contribution is 6.31. The standard InChI is InChI=1S/C13H9Cl2N2/c14-9-2-1-3-11(6-9)17-8-16-12-5-4-10(15)7-13(12)17/h1-8,16H. The van der Waals surface area contributed by atoms with Gasteiger partial charge in [-0.3, -0.25) is 0 Å². The normalized spacial score (nSPS) is 13.4. The zero-order valence-electron chi connectivity index (χ0n) is 8.82. The lowest BCUT2D eigenvalue weighted by atomic mass is 10.2. The van der Waals surface area contributed by atoms with E-state index in [1.54, 1.807) is 0 Å². The summed E-state index contributed by atoms with van der Waals surface area (Å²) in [4.78, 5) is 2.02. The molecule has 1 aliphatic rings. The summed E-state index contributed by atoms with van der Waals surface area (Å²) >= 11 is 12.0. The molecule has 0 unspecified atom stereocenters. The van der Waals surface area contributed by atoms with Crippen LogP contribution in [-0.2, 0) is 0 Å². The summed E-state index contributed by atoms with van der Waals surface area (Å²) in [5.74, 6) is 0. The lowest BCUT2D eigenvalue weighted by Crippen LogP contribution is -2.10. The van der Waals surface area contributed by atoms with Gasteiger partial charge in [-0.2, -0.15) is 0 Å². The van der Waals surface area contributed by atoms with Crippen LogP contribution in [0, 0.1) is 6.67 Å². The van der Waals surface area contributed by atoms with E-state index in [1.807, 2.05) is 54.0 Å². The molecule has 0 fully saturated rings. The molecule has 2 aromatic carbocycles. The Labute approximate surface area is 110 Å². The van der Waals surface area contributed by atoms with Gasteiger partial charge in [-0.05, 0) is 36.4 Å². The smallest absolute Gasteiger partial charge is 0.144 e. The predicted molar refractivity (Wildman–Crippen MR) is 73.0 cm³/mol. The van der Waals surface area contributed by atoms with Crippen LogP contribution in [0.25, 0.3) is 0 Å². The van der Waals surface area contributed by atoms with Crippen molar-refractivity contribution in [2.45, 2.75) is 0 Å². The number of halogens is 2. The van der Waals surface area contributed by atoms with E-state index in [0.29, 0.717) is 10.0 Å². The van der Waals surface area contributed by atoms with E-state index >= 15 is 0 Å². The minimum absolute atomic E-state index is 0.714. The molecule has 0 saturated carbocycles. The van der Waals surface area contributed by atoms with E-state index < -0.39 is 0 Å². The van der Waals surface area contributed by atoms with Crippen LogP contribution in [0.5, 0.6) is 0 Å². The molecule has 1 N–H and O–H groups in total. The first-order chi connectivity index (χ1) is 8.24. The second-order valence-corrected chi connectivity index (χ2v) is 4.66. The molecule has 1 radical (unpaired) electrons. The van der Waals surface area contributed by atoms with E-state index in [-0.39, 0.29) is 0 Å². The number of nitrogens with one attached hydrogen (secondary N) is 1. The number of benzene rings is 2. The van der Waals surface area contributed by atoms with Crippen LogP contribution in [0.1, 0.15) is 0 Å². The van der Waals surface area contributed by atoms with Gasteiger partial charge in [-0.15, -0.1) is 0 Å². The molecule has 0 aromatic heterocycles. The molecule has 0 bridgehead atoms. The third-order valence-electron chi connectivity index (χ3n) is 2.65. The highest BCUT2D eigenvalue weighted by Crippen LogP contribution is 2.40. The lowest BCUT2D eigenvalue weighted by Gasteiger charge is -2.17. The summed E-state index contributed by atoms with van der Waals surface area (Å²) in [7, 11) is 0. The van der Waals surface area contributed by atoms with Gasteiger partial charge in [0.05, 0.1) is 11.4 Å². The summed E-state index contributed by atoms with van der Waals surface area (Å²) in [6.45, 7) is 1.90. The number of hydrogen-bond acceptors (Lipinski definition) is 2. The Morgan fingerprint density at radius 2 is 1.76 bits per heavy atom.